The maximum atomic E-state index is 12.9. The van der Waals surface area contributed by atoms with Crippen molar-refractivity contribution in [2.45, 2.75) is 77.1 Å². The van der Waals surface area contributed by atoms with Gasteiger partial charge in [0.05, 0.1) is 18.9 Å². The normalized spacial score (nSPS) is 13.3. The van der Waals surface area contributed by atoms with Gasteiger partial charge in [0.15, 0.2) is 0 Å². The van der Waals surface area contributed by atoms with Gasteiger partial charge in [-0.3, -0.25) is 14.4 Å². The van der Waals surface area contributed by atoms with Gasteiger partial charge in [0.1, 0.15) is 18.0 Å². The lowest BCUT2D eigenvalue weighted by Gasteiger charge is -2.21. The molecule has 6 heteroatoms. The average molecular weight is 495 g/mol. The van der Waals surface area contributed by atoms with E-state index in [0.717, 1.165) is 16.7 Å². The molecule has 3 atom stereocenters. The maximum absolute atomic E-state index is 12.9. The molecular weight excluding hydrogens is 456 g/mol. The Morgan fingerprint density at radius 2 is 1.33 bits per heavy atom. The third kappa shape index (κ3) is 11.5. The second kappa shape index (κ2) is 15.7. The largest absolute Gasteiger partial charge is 0.462 e. The molecule has 0 aliphatic carbocycles. The number of aryl methyl sites for hydroxylation is 2. The fourth-order valence-electron chi connectivity index (χ4n) is 3.82. The number of benzene rings is 2. The van der Waals surface area contributed by atoms with E-state index >= 15 is 0 Å². The van der Waals surface area contributed by atoms with Crippen molar-refractivity contribution >= 4 is 23.8 Å². The van der Waals surface area contributed by atoms with Crippen LogP contribution in [0.5, 0.6) is 0 Å². The summed E-state index contributed by atoms with van der Waals surface area (Å²) >= 11 is 0. The van der Waals surface area contributed by atoms with Crippen molar-refractivity contribution in [3.05, 3.63) is 77.9 Å². The lowest BCUT2D eigenvalue weighted by molar-refractivity contribution is -0.159. The molecule has 2 rings (SSSR count). The molecule has 36 heavy (non-hydrogen) atoms. The average Bonchev–Trinajstić information content (AvgIpc) is 2.86. The van der Waals surface area contributed by atoms with Gasteiger partial charge in [-0.15, -0.1) is 0 Å². The number of methoxy groups -OCH3 is 1. The van der Waals surface area contributed by atoms with E-state index in [1.54, 1.807) is 13.0 Å². The molecule has 0 amide bonds. The zero-order valence-electron chi connectivity index (χ0n) is 21.6. The minimum atomic E-state index is -0.639. The van der Waals surface area contributed by atoms with Gasteiger partial charge in [-0.1, -0.05) is 67.3 Å². The predicted octanol–water partition coefficient (Wildman–Crippen LogP) is 5.51. The lowest BCUT2D eigenvalue weighted by Crippen LogP contribution is -2.28. The summed E-state index contributed by atoms with van der Waals surface area (Å²) in [6.45, 7) is 7.03. The number of carbonyl (C=O) groups is 3. The Hall–Kier alpha value is -3.25. The van der Waals surface area contributed by atoms with Crippen LogP contribution in [-0.4, -0.2) is 43.1 Å². The molecule has 3 unspecified atom stereocenters. The highest BCUT2D eigenvalue weighted by Gasteiger charge is 2.24. The Labute approximate surface area is 214 Å². The second-order valence-electron chi connectivity index (χ2n) is 9.09. The molecule has 0 bridgehead atoms. The fraction of sp³-hybridized carbons (Fsp3) is 0.433. The lowest BCUT2D eigenvalue weighted by atomic mass is 10.0. The second-order valence-corrected chi connectivity index (χ2v) is 9.09. The molecule has 194 valence electrons. The fourth-order valence-corrected chi connectivity index (χ4v) is 3.82. The van der Waals surface area contributed by atoms with Crippen LogP contribution in [0.25, 0.3) is 6.08 Å². The number of ketones is 1. The summed E-state index contributed by atoms with van der Waals surface area (Å²) in [5, 5.41) is 0. The summed E-state index contributed by atoms with van der Waals surface area (Å²) in [6, 6.07) is 17.8. The summed E-state index contributed by atoms with van der Waals surface area (Å²) in [6.07, 6.45) is 2.85. The molecule has 2 aromatic rings. The number of Topliss-reactive ketones (excluding diaryl/α,β-unsaturated/α-hetero) is 1. The molecule has 0 radical (unpaired) electrons. The van der Waals surface area contributed by atoms with Gasteiger partial charge in [-0.25, -0.2) is 0 Å². The van der Waals surface area contributed by atoms with Crippen molar-refractivity contribution in [3.63, 3.8) is 0 Å². The maximum Gasteiger partial charge on any atom is 0.309 e. The van der Waals surface area contributed by atoms with E-state index in [1.165, 1.54) is 14.0 Å². The third-order valence-corrected chi connectivity index (χ3v) is 5.93. The van der Waals surface area contributed by atoms with Gasteiger partial charge in [0.25, 0.3) is 0 Å². The Balaban J connectivity index is 2.01. The molecule has 0 heterocycles. The monoisotopic (exact) mass is 494 g/mol. The number of ether oxygens (including phenoxy) is 3. The molecule has 6 nitrogen and oxygen atoms in total. The van der Waals surface area contributed by atoms with Crippen LogP contribution in [0.15, 0.2) is 61.2 Å². The molecule has 2 aromatic carbocycles. The molecule has 0 spiro atoms. The topological polar surface area (TPSA) is 78.9 Å². The SMILES string of the molecule is C=Cc1ccc(CCC(CC(=O)OC(CCc2ccccc2)CC(C)=O)OC(=O)CC(C)OC)cc1. The van der Waals surface area contributed by atoms with Crippen molar-refractivity contribution in [2.24, 2.45) is 0 Å². The number of rotatable bonds is 16. The van der Waals surface area contributed by atoms with E-state index in [0.29, 0.717) is 25.7 Å². The Bertz CT molecular complexity index is 967. The van der Waals surface area contributed by atoms with Gasteiger partial charge >= 0.3 is 11.9 Å². The quantitative estimate of drug-likeness (QED) is 0.286. The number of hydrogen-bond acceptors (Lipinski definition) is 6. The van der Waals surface area contributed by atoms with Crippen molar-refractivity contribution in [1.82, 2.24) is 0 Å². The predicted molar refractivity (Wildman–Crippen MR) is 140 cm³/mol. The molecule has 0 aliphatic heterocycles. The van der Waals surface area contributed by atoms with Crippen LogP contribution in [0.1, 0.15) is 62.6 Å². The first-order chi connectivity index (χ1) is 17.3. The van der Waals surface area contributed by atoms with E-state index in [9.17, 15) is 14.4 Å². The smallest absolute Gasteiger partial charge is 0.309 e. The summed E-state index contributed by atoms with van der Waals surface area (Å²) in [7, 11) is 1.53. The van der Waals surface area contributed by atoms with Gasteiger partial charge < -0.3 is 14.2 Å². The van der Waals surface area contributed by atoms with Crippen molar-refractivity contribution in [1.29, 1.82) is 0 Å². The number of esters is 2. The molecule has 0 aliphatic rings. The number of carbonyl (C=O) groups excluding carboxylic acids is 3. The van der Waals surface area contributed by atoms with E-state index in [-0.39, 0.29) is 31.1 Å². The van der Waals surface area contributed by atoms with Gasteiger partial charge in [0, 0.05) is 13.5 Å². The molecule has 0 fully saturated rings. The molecule has 0 N–H and O–H groups in total. The standard InChI is InChI=1S/C30H38O6/c1-5-24-11-13-26(14-12-24)16-18-28(36-29(32)20-23(3)34-4)21-30(33)35-27(19-22(2)31)17-15-25-9-7-6-8-10-25/h5-14,23,27-28H,1,15-21H2,2-4H3. The summed E-state index contributed by atoms with van der Waals surface area (Å²) in [5.74, 6) is -0.942. The first kappa shape index (κ1) is 29.0. The first-order valence-electron chi connectivity index (χ1n) is 12.5. The van der Waals surface area contributed by atoms with E-state index < -0.39 is 24.1 Å². The number of hydrogen-bond donors (Lipinski definition) is 0. The summed E-state index contributed by atoms with van der Waals surface area (Å²) in [4.78, 5) is 37.0. The van der Waals surface area contributed by atoms with Crippen LogP contribution in [0, 0.1) is 0 Å². The molecular formula is C30H38O6. The van der Waals surface area contributed by atoms with E-state index in [4.69, 9.17) is 14.2 Å². The summed E-state index contributed by atoms with van der Waals surface area (Å²) < 4.78 is 16.5. The van der Waals surface area contributed by atoms with Crippen molar-refractivity contribution < 1.29 is 28.6 Å². The third-order valence-electron chi connectivity index (χ3n) is 5.93. The molecule has 0 aromatic heterocycles. The molecule has 0 saturated heterocycles. The van der Waals surface area contributed by atoms with Crippen LogP contribution in [-0.2, 0) is 41.4 Å². The van der Waals surface area contributed by atoms with Gasteiger partial charge in [-0.2, -0.15) is 0 Å². The highest BCUT2D eigenvalue weighted by Crippen LogP contribution is 2.17. The van der Waals surface area contributed by atoms with E-state index in [2.05, 4.69) is 6.58 Å². The summed E-state index contributed by atoms with van der Waals surface area (Å²) in [5.41, 5.74) is 3.20. The first-order valence-corrected chi connectivity index (χ1v) is 12.5. The van der Waals surface area contributed by atoms with Gasteiger partial charge in [0.2, 0.25) is 0 Å². The van der Waals surface area contributed by atoms with Crippen molar-refractivity contribution in [3.8, 4) is 0 Å². The Kier molecular flexibility index (Phi) is 12.6. The Morgan fingerprint density at radius 1 is 0.806 bits per heavy atom. The minimum Gasteiger partial charge on any atom is -0.462 e. The zero-order chi connectivity index (χ0) is 26.3. The van der Waals surface area contributed by atoms with Crippen LogP contribution in [0.2, 0.25) is 0 Å². The Morgan fingerprint density at radius 3 is 1.86 bits per heavy atom. The van der Waals surface area contributed by atoms with Crippen LogP contribution in [0.3, 0.4) is 0 Å². The van der Waals surface area contributed by atoms with Crippen molar-refractivity contribution in [2.75, 3.05) is 7.11 Å². The zero-order valence-corrected chi connectivity index (χ0v) is 21.6. The van der Waals surface area contributed by atoms with Crippen LogP contribution >= 0.6 is 0 Å². The van der Waals surface area contributed by atoms with E-state index in [1.807, 2.05) is 54.6 Å². The van der Waals surface area contributed by atoms with Crippen LogP contribution in [0.4, 0.5) is 0 Å². The highest BCUT2D eigenvalue weighted by molar-refractivity contribution is 5.77. The highest BCUT2D eigenvalue weighted by atomic mass is 16.6. The molecule has 0 saturated carbocycles. The van der Waals surface area contributed by atoms with Gasteiger partial charge in [-0.05, 0) is 56.2 Å². The van der Waals surface area contributed by atoms with Crippen LogP contribution < -0.4 is 0 Å². The minimum absolute atomic E-state index is 0.0413.